The normalized spacial score (nSPS) is 15.9. The van der Waals surface area contributed by atoms with Crippen LogP contribution in [0.3, 0.4) is 0 Å². The van der Waals surface area contributed by atoms with Crippen LogP contribution >= 0.6 is 0 Å². The van der Waals surface area contributed by atoms with E-state index in [9.17, 15) is 0 Å². The quantitative estimate of drug-likeness (QED) is 0.636. The predicted octanol–water partition coefficient (Wildman–Crippen LogP) is 4.83. The van der Waals surface area contributed by atoms with E-state index in [2.05, 4.69) is 13.8 Å². The van der Waals surface area contributed by atoms with Crippen LogP contribution in [0.1, 0.15) is 74.1 Å². The van der Waals surface area contributed by atoms with Gasteiger partial charge in [-0.1, -0.05) is 48.0 Å². The third-order valence-corrected chi connectivity index (χ3v) is 1.40. The maximum absolute atomic E-state index is 8.81. The largest absolute Gasteiger partial charge is 0.356 e. The van der Waals surface area contributed by atoms with E-state index in [1.165, 1.54) is 26.2 Å². The molecule has 1 fully saturated rings. The van der Waals surface area contributed by atoms with Crippen LogP contribution in [0.5, 0.6) is 0 Å². The van der Waals surface area contributed by atoms with Gasteiger partial charge in [-0.2, -0.15) is 0 Å². The highest BCUT2D eigenvalue weighted by atomic mass is 16.7. The van der Waals surface area contributed by atoms with Crippen molar-refractivity contribution < 1.29 is 14.3 Å². The number of aldehydes is 1. The number of hydrogen-bond donors (Lipinski definition) is 0. The fourth-order valence-corrected chi connectivity index (χ4v) is 0.897. The van der Waals surface area contributed by atoms with Crippen LogP contribution in [-0.2, 0) is 14.3 Å². The summed E-state index contributed by atoms with van der Waals surface area (Å²) < 4.78 is 10.2. The van der Waals surface area contributed by atoms with Crippen LogP contribution in [0.4, 0.5) is 0 Å². The summed E-state index contributed by atoms with van der Waals surface area (Å²) in [6.07, 6.45) is 5.60. The lowest BCUT2D eigenvalue weighted by Gasteiger charge is -2.20. The van der Waals surface area contributed by atoms with Crippen molar-refractivity contribution in [3.05, 3.63) is 0 Å². The first-order valence-electron chi connectivity index (χ1n) is 7.30. The highest BCUT2D eigenvalue weighted by Gasteiger charge is 2.10. The third-order valence-electron chi connectivity index (χ3n) is 1.40. The molecule has 0 aromatic heterocycles. The van der Waals surface area contributed by atoms with E-state index in [4.69, 9.17) is 14.3 Å². The summed E-state index contributed by atoms with van der Waals surface area (Å²) in [5.41, 5.74) is 0. The Morgan fingerprint density at radius 1 is 1.17 bits per heavy atom. The van der Waals surface area contributed by atoms with Crippen molar-refractivity contribution in [2.24, 2.45) is 0 Å². The first-order chi connectivity index (χ1) is 8.76. The van der Waals surface area contributed by atoms with Crippen molar-refractivity contribution >= 4 is 6.29 Å². The molecule has 0 amide bonds. The number of carbonyl (C=O) groups is 1. The zero-order valence-corrected chi connectivity index (χ0v) is 13.9. The lowest BCUT2D eigenvalue weighted by molar-refractivity contribution is -0.145. The van der Waals surface area contributed by atoms with Crippen LogP contribution in [0.15, 0.2) is 0 Å². The van der Waals surface area contributed by atoms with E-state index >= 15 is 0 Å². The van der Waals surface area contributed by atoms with Crippen LogP contribution in [0.25, 0.3) is 0 Å². The molecule has 0 saturated carbocycles. The molecule has 3 heteroatoms. The van der Waals surface area contributed by atoms with Gasteiger partial charge in [-0.3, -0.25) is 0 Å². The van der Waals surface area contributed by atoms with E-state index in [-0.39, 0.29) is 6.29 Å². The molecular formula is C15H36O3. The number of rotatable bonds is 1. The minimum atomic E-state index is 0.0868. The standard InChI is InChI=1S/C6H12O2.C3H8.C2H4O.2C2H6/c1-7-6-4-2-3-5-8-6;1-3-2;1-2-3;2*1-2/h6H,2-5H2,1H3;3H2,1-2H3;2H,1H3;2*1-2H3. The summed E-state index contributed by atoms with van der Waals surface area (Å²) >= 11 is 0. The fourth-order valence-electron chi connectivity index (χ4n) is 0.897. The van der Waals surface area contributed by atoms with Crippen molar-refractivity contribution in [3.63, 3.8) is 0 Å². The summed E-state index contributed by atoms with van der Waals surface area (Å²) in [4.78, 5) is 8.81. The van der Waals surface area contributed by atoms with Gasteiger partial charge < -0.3 is 14.3 Å². The summed E-state index contributed by atoms with van der Waals surface area (Å²) in [5.74, 6) is 0. The molecule has 0 aliphatic carbocycles. The molecule has 1 heterocycles. The molecule has 1 atom stereocenters. The molecule has 0 spiro atoms. The van der Waals surface area contributed by atoms with E-state index in [1.807, 2.05) is 27.7 Å². The second kappa shape index (κ2) is 36.0. The smallest absolute Gasteiger partial charge is 0.157 e. The Kier molecular flexibility index (Phi) is 52.4. The average Bonchev–Trinajstić information content (AvgIpc) is 2.46. The van der Waals surface area contributed by atoms with Gasteiger partial charge in [0.15, 0.2) is 6.29 Å². The molecule has 0 radical (unpaired) electrons. The minimum Gasteiger partial charge on any atom is -0.356 e. The maximum Gasteiger partial charge on any atom is 0.157 e. The van der Waals surface area contributed by atoms with Crippen LogP contribution in [-0.4, -0.2) is 26.3 Å². The summed E-state index contributed by atoms with van der Waals surface area (Å²) in [6.45, 7) is 14.6. The van der Waals surface area contributed by atoms with Crippen LogP contribution in [0.2, 0.25) is 0 Å². The highest BCUT2D eigenvalue weighted by molar-refractivity contribution is 5.44. The molecule has 18 heavy (non-hydrogen) atoms. The number of methoxy groups -OCH3 is 1. The summed E-state index contributed by atoms with van der Waals surface area (Å²) in [6, 6.07) is 0. The molecule has 0 aromatic rings. The molecular weight excluding hydrogens is 228 g/mol. The number of hydrogen-bond acceptors (Lipinski definition) is 3. The van der Waals surface area contributed by atoms with Gasteiger partial charge in [0.1, 0.15) is 6.29 Å². The first-order valence-corrected chi connectivity index (χ1v) is 7.30. The monoisotopic (exact) mass is 264 g/mol. The Morgan fingerprint density at radius 2 is 1.56 bits per heavy atom. The zero-order valence-electron chi connectivity index (χ0n) is 13.9. The van der Waals surface area contributed by atoms with Crippen LogP contribution in [0, 0.1) is 0 Å². The van der Waals surface area contributed by atoms with Gasteiger partial charge in [-0.15, -0.1) is 0 Å². The van der Waals surface area contributed by atoms with Gasteiger partial charge in [0.2, 0.25) is 0 Å². The molecule has 0 N–H and O–H groups in total. The van der Waals surface area contributed by atoms with Gasteiger partial charge in [-0.05, 0) is 26.2 Å². The Labute approximate surface area is 115 Å². The Balaban J connectivity index is -0.0000000834. The Morgan fingerprint density at radius 3 is 1.72 bits per heavy atom. The van der Waals surface area contributed by atoms with Crippen molar-refractivity contribution in [2.45, 2.75) is 80.4 Å². The molecule has 1 rings (SSSR count). The maximum atomic E-state index is 8.81. The van der Waals surface area contributed by atoms with Crippen molar-refractivity contribution in [2.75, 3.05) is 13.7 Å². The lowest BCUT2D eigenvalue weighted by Crippen LogP contribution is -2.20. The van der Waals surface area contributed by atoms with E-state index in [1.54, 1.807) is 7.11 Å². The van der Waals surface area contributed by atoms with Crippen molar-refractivity contribution in [1.82, 2.24) is 0 Å². The zero-order chi connectivity index (χ0) is 15.2. The molecule has 1 saturated heterocycles. The van der Waals surface area contributed by atoms with E-state index in [0.29, 0.717) is 0 Å². The molecule has 1 unspecified atom stereocenters. The molecule has 1 aliphatic rings. The fraction of sp³-hybridized carbons (Fsp3) is 0.933. The molecule has 0 bridgehead atoms. The van der Waals surface area contributed by atoms with Crippen LogP contribution < -0.4 is 0 Å². The first kappa shape index (κ1) is 26.2. The molecule has 114 valence electrons. The summed E-state index contributed by atoms with van der Waals surface area (Å²) in [7, 11) is 1.69. The van der Waals surface area contributed by atoms with E-state index < -0.39 is 0 Å². The second-order valence-electron chi connectivity index (χ2n) is 2.97. The molecule has 1 aliphatic heterocycles. The minimum absolute atomic E-state index is 0.0868. The highest BCUT2D eigenvalue weighted by Crippen LogP contribution is 2.11. The average molecular weight is 264 g/mol. The topological polar surface area (TPSA) is 35.5 Å². The predicted molar refractivity (Wildman–Crippen MR) is 81.0 cm³/mol. The van der Waals surface area contributed by atoms with E-state index in [0.717, 1.165) is 19.3 Å². The van der Waals surface area contributed by atoms with Crippen molar-refractivity contribution in [3.8, 4) is 0 Å². The van der Waals surface area contributed by atoms with Gasteiger partial charge >= 0.3 is 0 Å². The number of carbonyl (C=O) groups excluding carboxylic acids is 1. The SMILES string of the molecule is CC.CC.CC=O.CCC.COC1CCCCO1. The number of ether oxygens (including phenoxy) is 2. The lowest BCUT2D eigenvalue weighted by atomic mass is 10.2. The van der Waals surface area contributed by atoms with Gasteiger partial charge in [0, 0.05) is 13.7 Å². The molecule has 3 nitrogen and oxygen atoms in total. The third kappa shape index (κ3) is 36.1. The van der Waals surface area contributed by atoms with Gasteiger partial charge in [-0.25, -0.2) is 0 Å². The molecule has 0 aromatic carbocycles. The Hall–Kier alpha value is -0.410. The van der Waals surface area contributed by atoms with Crippen molar-refractivity contribution in [1.29, 1.82) is 0 Å². The summed E-state index contributed by atoms with van der Waals surface area (Å²) in [5, 5.41) is 0. The Bertz CT molecular complexity index is 99.9. The van der Waals surface area contributed by atoms with Gasteiger partial charge in [0.25, 0.3) is 0 Å². The second-order valence-corrected chi connectivity index (χ2v) is 2.97. The van der Waals surface area contributed by atoms with Gasteiger partial charge in [0.05, 0.1) is 0 Å².